The van der Waals surface area contributed by atoms with Gasteiger partial charge < -0.3 is 4.57 Å². The van der Waals surface area contributed by atoms with E-state index in [2.05, 4.69) is 0 Å². The molecular weight excluding hydrogens is 327 g/mol. The SMILES string of the molecule is N=c1sc2ccccc2n1CC(=O)c1ccc(Cl)cc1Cl. The normalized spacial score (nSPS) is 11.0. The number of benzene rings is 2. The van der Waals surface area contributed by atoms with Gasteiger partial charge in [-0.15, -0.1) is 0 Å². The van der Waals surface area contributed by atoms with Crippen LogP contribution >= 0.6 is 34.5 Å². The number of Topliss-reactive ketones (excluding diaryl/α,β-unsaturated/α-hetero) is 1. The van der Waals surface area contributed by atoms with Crippen LogP contribution in [0.4, 0.5) is 0 Å². The lowest BCUT2D eigenvalue weighted by Crippen LogP contribution is -2.19. The van der Waals surface area contributed by atoms with Gasteiger partial charge in [-0.05, 0) is 30.3 Å². The number of hydrogen-bond donors (Lipinski definition) is 1. The van der Waals surface area contributed by atoms with Crippen molar-refractivity contribution < 1.29 is 4.79 Å². The summed E-state index contributed by atoms with van der Waals surface area (Å²) in [4.78, 5) is 12.8. The van der Waals surface area contributed by atoms with Gasteiger partial charge in [0, 0.05) is 10.6 Å². The summed E-state index contributed by atoms with van der Waals surface area (Å²) in [5.74, 6) is -0.140. The second-order valence-electron chi connectivity index (χ2n) is 4.51. The lowest BCUT2D eigenvalue weighted by molar-refractivity contribution is 0.0972. The summed E-state index contributed by atoms with van der Waals surface area (Å²) >= 11 is 13.2. The Morgan fingerprint density at radius 1 is 1.19 bits per heavy atom. The van der Waals surface area contributed by atoms with Crippen LogP contribution in [0.25, 0.3) is 10.2 Å². The molecule has 6 heteroatoms. The van der Waals surface area contributed by atoms with Gasteiger partial charge >= 0.3 is 0 Å². The van der Waals surface area contributed by atoms with Gasteiger partial charge in [-0.1, -0.05) is 46.7 Å². The number of rotatable bonds is 3. The minimum absolute atomic E-state index is 0.0875. The summed E-state index contributed by atoms with van der Waals surface area (Å²) in [6.07, 6.45) is 0. The Balaban J connectivity index is 2.00. The first kappa shape index (κ1) is 14.3. The highest BCUT2D eigenvalue weighted by Crippen LogP contribution is 2.23. The van der Waals surface area contributed by atoms with Crippen molar-refractivity contribution in [3.63, 3.8) is 0 Å². The van der Waals surface area contributed by atoms with E-state index in [0.29, 0.717) is 20.4 Å². The van der Waals surface area contributed by atoms with Crippen molar-refractivity contribution in [2.75, 3.05) is 0 Å². The van der Waals surface area contributed by atoms with Crippen LogP contribution in [0.5, 0.6) is 0 Å². The van der Waals surface area contributed by atoms with Gasteiger partial charge in [0.25, 0.3) is 0 Å². The van der Waals surface area contributed by atoms with Gasteiger partial charge in [0.15, 0.2) is 10.6 Å². The molecule has 0 unspecified atom stereocenters. The summed E-state index contributed by atoms with van der Waals surface area (Å²) in [5.41, 5.74) is 1.30. The Kier molecular flexibility index (Phi) is 3.85. The third-order valence-electron chi connectivity index (χ3n) is 3.14. The maximum absolute atomic E-state index is 12.4. The Morgan fingerprint density at radius 3 is 2.71 bits per heavy atom. The lowest BCUT2D eigenvalue weighted by atomic mass is 10.1. The zero-order valence-electron chi connectivity index (χ0n) is 10.8. The van der Waals surface area contributed by atoms with E-state index in [1.54, 1.807) is 22.8 Å². The largest absolute Gasteiger partial charge is 0.309 e. The number of hydrogen-bond acceptors (Lipinski definition) is 3. The van der Waals surface area contributed by atoms with Crippen LogP contribution in [0.15, 0.2) is 42.5 Å². The number of nitrogens with one attached hydrogen (secondary N) is 1. The summed E-state index contributed by atoms with van der Waals surface area (Å²) < 4.78 is 2.67. The molecular formula is C15H10Cl2N2OS. The van der Waals surface area contributed by atoms with Crippen molar-refractivity contribution in [2.24, 2.45) is 0 Å². The Bertz CT molecular complexity index is 898. The molecule has 0 saturated carbocycles. The van der Waals surface area contributed by atoms with Crippen LogP contribution in [0.1, 0.15) is 10.4 Å². The highest BCUT2D eigenvalue weighted by atomic mass is 35.5. The van der Waals surface area contributed by atoms with Gasteiger partial charge in [-0.3, -0.25) is 10.2 Å². The summed E-state index contributed by atoms with van der Waals surface area (Å²) in [6.45, 7) is 0.0875. The molecule has 0 spiro atoms. The molecule has 0 atom stereocenters. The fraction of sp³-hybridized carbons (Fsp3) is 0.0667. The van der Waals surface area contributed by atoms with Crippen LogP contribution in [0.2, 0.25) is 10.0 Å². The minimum Gasteiger partial charge on any atom is -0.309 e. The molecule has 106 valence electrons. The third kappa shape index (κ3) is 2.75. The van der Waals surface area contributed by atoms with E-state index in [0.717, 1.165) is 10.2 Å². The molecule has 0 fully saturated rings. The number of nitrogens with zero attached hydrogens (tertiary/aromatic N) is 1. The topological polar surface area (TPSA) is 45.9 Å². The number of carbonyl (C=O) groups is 1. The van der Waals surface area contributed by atoms with Crippen molar-refractivity contribution in [3.8, 4) is 0 Å². The zero-order valence-corrected chi connectivity index (χ0v) is 13.1. The molecule has 3 aromatic rings. The standard InChI is InChI=1S/C15H10Cl2N2OS/c16-9-5-6-10(11(17)7-9)13(20)8-19-12-3-1-2-4-14(12)21-15(19)18/h1-7,18H,8H2. The molecule has 0 amide bonds. The van der Waals surface area contributed by atoms with Gasteiger partial charge in [0.2, 0.25) is 0 Å². The summed E-state index contributed by atoms with van der Waals surface area (Å²) in [7, 11) is 0. The fourth-order valence-electron chi connectivity index (χ4n) is 2.14. The number of carbonyl (C=O) groups excluding carboxylic acids is 1. The summed E-state index contributed by atoms with van der Waals surface area (Å²) in [6, 6.07) is 12.5. The molecule has 1 aromatic heterocycles. The smallest absolute Gasteiger partial charge is 0.184 e. The average molecular weight is 337 g/mol. The first-order valence-electron chi connectivity index (χ1n) is 6.17. The summed E-state index contributed by atoms with van der Waals surface area (Å²) in [5, 5.41) is 8.84. The number of halogens is 2. The Labute approximate surface area is 134 Å². The zero-order chi connectivity index (χ0) is 15.0. The monoisotopic (exact) mass is 336 g/mol. The number of thiazole rings is 1. The second kappa shape index (κ2) is 5.64. The number of para-hydroxylation sites is 1. The second-order valence-corrected chi connectivity index (χ2v) is 6.38. The number of fused-ring (bicyclic) bond motifs is 1. The first-order chi connectivity index (χ1) is 10.1. The molecule has 3 nitrogen and oxygen atoms in total. The van der Waals surface area contributed by atoms with Crippen molar-refractivity contribution in [1.29, 1.82) is 5.41 Å². The average Bonchev–Trinajstić information content (AvgIpc) is 2.75. The molecule has 0 radical (unpaired) electrons. The van der Waals surface area contributed by atoms with Crippen molar-refractivity contribution >= 4 is 50.5 Å². The molecule has 21 heavy (non-hydrogen) atoms. The molecule has 0 saturated heterocycles. The van der Waals surface area contributed by atoms with Gasteiger partial charge in [-0.2, -0.15) is 0 Å². The number of ketones is 1. The number of aromatic nitrogens is 1. The lowest BCUT2D eigenvalue weighted by Gasteiger charge is -2.06. The van der Waals surface area contributed by atoms with E-state index in [-0.39, 0.29) is 12.3 Å². The predicted molar refractivity (Wildman–Crippen MR) is 86.5 cm³/mol. The highest BCUT2D eigenvalue weighted by molar-refractivity contribution is 7.16. The Morgan fingerprint density at radius 2 is 1.95 bits per heavy atom. The fourth-order valence-corrected chi connectivity index (χ4v) is 3.56. The molecule has 0 bridgehead atoms. The predicted octanol–water partition coefficient (Wildman–Crippen LogP) is 4.37. The van der Waals surface area contributed by atoms with Crippen LogP contribution in [-0.2, 0) is 6.54 Å². The van der Waals surface area contributed by atoms with E-state index in [1.165, 1.54) is 11.3 Å². The van der Waals surface area contributed by atoms with E-state index < -0.39 is 0 Å². The van der Waals surface area contributed by atoms with Crippen LogP contribution < -0.4 is 4.80 Å². The molecule has 0 aliphatic rings. The molecule has 3 rings (SSSR count). The van der Waals surface area contributed by atoms with Gasteiger partial charge in [-0.25, -0.2) is 0 Å². The quantitative estimate of drug-likeness (QED) is 0.709. The van der Waals surface area contributed by atoms with Crippen molar-refractivity contribution in [2.45, 2.75) is 6.54 Å². The van der Waals surface area contributed by atoms with E-state index >= 15 is 0 Å². The van der Waals surface area contributed by atoms with Gasteiger partial charge in [0.05, 0.1) is 21.8 Å². The van der Waals surface area contributed by atoms with E-state index in [9.17, 15) is 4.79 Å². The third-order valence-corrected chi connectivity index (χ3v) is 4.67. The first-order valence-corrected chi connectivity index (χ1v) is 7.75. The molecule has 1 N–H and O–H groups in total. The van der Waals surface area contributed by atoms with Gasteiger partial charge in [0.1, 0.15) is 0 Å². The van der Waals surface area contributed by atoms with E-state index in [4.69, 9.17) is 28.6 Å². The minimum atomic E-state index is -0.140. The molecule has 0 aliphatic heterocycles. The van der Waals surface area contributed by atoms with Crippen molar-refractivity contribution in [3.05, 3.63) is 62.9 Å². The van der Waals surface area contributed by atoms with Crippen LogP contribution in [0.3, 0.4) is 0 Å². The maximum atomic E-state index is 12.4. The molecule has 2 aromatic carbocycles. The molecule has 1 heterocycles. The van der Waals surface area contributed by atoms with Crippen LogP contribution in [0, 0.1) is 5.41 Å². The highest BCUT2D eigenvalue weighted by Gasteiger charge is 2.14. The van der Waals surface area contributed by atoms with Crippen molar-refractivity contribution in [1.82, 2.24) is 4.57 Å². The van der Waals surface area contributed by atoms with E-state index in [1.807, 2.05) is 24.3 Å². The Hall–Kier alpha value is -1.62. The van der Waals surface area contributed by atoms with Crippen LogP contribution in [-0.4, -0.2) is 10.4 Å². The maximum Gasteiger partial charge on any atom is 0.184 e. The molecule has 0 aliphatic carbocycles.